The zero-order valence-corrected chi connectivity index (χ0v) is 15.2. The molecule has 0 radical (unpaired) electrons. The second-order valence-corrected chi connectivity index (χ2v) is 6.24. The molecule has 0 saturated heterocycles. The molecule has 0 fully saturated rings. The van der Waals surface area contributed by atoms with Gasteiger partial charge in [0.15, 0.2) is 0 Å². The first-order chi connectivity index (χ1) is 12.0. The van der Waals surface area contributed by atoms with Crippen molar-refractivity contribution >= 4 is 11.8 Å². The Kier molecular flexibility index (Phi) is 6.75. The molecular formula is C21H26N2O2. The molecule has 2 amide bonds. The molecule has 0 spiro atoms. The molecule has 0 aliphatic carbocycles. The maximum atomic E-state index is 12.9. The molecular weight excluding hydrogens is 312 g/mol. The van der Waals surface area contributed by atoms with E-state index in [-0.39, 0.29) is 18.2 Å². The number of hydrogen-bond acceptors (Lipinski definition) is 2. The Hall–Kier alpha value is -2.62. The first-order valence-electron chi connectivity index (χ1n) is 8.68. The van der Waals surface area contributed by atoms with Gasteiger partial charge in [-0.25, -0.2) is 0 Å². The number of nitrogens with zero attached hydrogens (tertiary/aromatic N) is 1. The van der Waals surface area contributed by atoms with Gasteiger partial charge in [0, 0.05) is 13.1 Å². The Morgan fingerprint density at radius 1 is 1.04 bits per heavy atom. The monoisotopic (exact) mass is 338 g/mol. The molecule has 1 atom stereocenters. The molecule has 2 aromatic carbocycles. The first kappa shape index (κ1) is 18.7. The van der Waals surface area contributed by atoms with E-state index in [0.29, 0.717) is 13.1 Å². The number of hydrogen-bond donors (Lipinski definition) is 1. The largest absolute Gasteiger partial charge is 0.355 e. The summed E-state index contributed by atoms with van der Waals surface area (Å²) in [5.41, 5.74) is 3.10. The smallest absolute Gasteiger partial charge is 0.242 e. The summed E-state index contributed by atoms with van der Waals surface area (Å²) in [6.07, 6.45) is 0.290. The highest BCUT2D eigenvalue weighted by Crippen LogP contribution is 2.13. The van der Waals surface area contributed by atoms with Crippen molar-refractivity contribution in [3.05, 3.63) is 71.3 Å². The summed E-state index contributed by atoms with van der Waals surface area (Å²) in [5, 5.41) is 2.81. The van der Waals surface area contributed by atoms with Gasteiger partial charge in [-0.1, -0.05) is 60.2 Å². The van der Waals surface area contributed by atoms with Crippen molar-refractivity contribution in [1.82, 2.24) is 10.2 Å². The van der Waals surface area contributed by atoms with Crippen molar-refractivity contribution in [1.29, 1.82) is 0 Å². The van der Waals surface area contributed by atoms with E-state index >= 15 is 0 Å². The quantitative estimate of drug-likeness (QED) is 0.843. The summed E-state index contributed by atoms with van der Waals surface area (Å²) in [4.78, 5) is 26.9. The Morgan fingerprint density at radius 2 is 1.72 bits per heavy atom. The van der Waals surface area contributed by atoms with Crippen molar-refractivity contribution in [2.24, 2.45) is 0 Å². The van der Waals surface area contributed by atoms with Gasteiger partial charge in [0.1, 0.15) is 6.04 Å². The SMILES string of the molecule is CCNC(=O)[C@@H](C)N(Cc1ccccc1)C(=O)Cc1cccc(C)c1. The second kappa shape index (κ2) is 9.02. The van der Waals surface area contributed by atoms with Gasteiger partial charge in [0.05, 0.1) is 6.42 Å². The lowest BCUT2D eigenvalue weighted by Gasteiger charge is -2.29. The average Bonchev–Trinajstić information content (AvgIpc) is 2.60. The third-order valence-corrected chi connectivity index (χ3v) is 4.15. The van der Waals surface area contributed by atoms with Crippen LogP contribution in [0.5, 0.6) is 0 Å². The van der Waals surface area contributed by atoms with Crippen LogP contribution in [0.1, 0.15) is 30.5 Å². The van der Waals surface area contributed by atoms with Crippen LogP contribution in [0.4, 0.5) is 0 Å². The van der Waals surface area contributed by atoms with Gasteiger partial charge in [-0.3, -0.25) is 9.59 Å². The highest BCUT2D eigenvalue weighted by molar-refractivity contribution is 5.88. The highest BCUT2D eigenvalue weighted by Gasteiger charge is 2.25. The Balaban J connectivity index is 2.20. The molecule has 2 aromatic rings. The molecule has 0 aliphatic rings. The van der Waals surface area contributed by atoms with E-state index in [1.165, 1.54) is 0 Å². The molecule has 4 heteroatoms. The molecule has 0 heterocycles. The van der Waals surface area contributed by atoms with Crippen LogP contribution in [0.3, 0.4) is 0 Å². The summed E-state index contributed by atoms with van der Waals surface area (Å²) in [5.74, 6) is -0.177. The highest BCUT2D eigenvalue weighted by atomic mass is 16.2. The minimum absolute atomic E-state index is 0.0480. The van der Waals surface area contributed by atoms with Crippen LogP contribution in [0.25, 0.3) is 0 Å². The number of carbonyl (C=O) groups excluding carboxylic acids is 2. The first-order valence-corrected chi connectivity index (χ1v) is 8.68. The molecule has 2 rings (SSSR count). The van der Waals surface area contributed by atoms with Crippen LogP contribution in [-0.4, -0.2) is 29.3 Å². The molecule has 0 unspecified atom stereocenters. The number of benzene rings is 2. The van der Waals surface area contributed by atoms with Gasteiger partial charge in [-0.15, -0.1) is 0 Å². The van der Waals surface area contributed by atoms with E-state index in [1.807, 2.05) is 68.4 Å². The number of carbonyl (C=O) groups is 2. The molecule has 25 heavy (non-hydrogen) atoms. The Morgan fingerprint density at radius 3 is 2.36 bits per heavy atom. The van der Waals surface area contributed by atoms with E-state index in [2.05, 4.69) is 5.32 Å². The number of likely N-dealkylation sites (N-methyl/N-ethyl adjacent to an activating group) is 1. The van der Waals surface area contributed by atoms with Crippen molar-refractivity contribution in [2.45, 2.75) is 39.8 Å². The maximum Gasteiger partial charge on any atom is 0.242 e. The van der Waals surface area contributed by atoms with Crippen LogP contribution < -0.4 is 5.32 Å². The molecule has 0 saturated carbocycles. The van der Waals surface area contributed by atoms with Crippen molar-refractivity contribution in [3.63, 3.8) is 0 Å². The fourth-order valence-electron chi connectivity index (χ4n) is 2.78. The van der Waals surface area contributed by atoms with E-state index in [0.717, 1.165) is 16.7 Å². The van der Waals surface area contributed by atoms with E-state index in [9.17, 15) is 9.59 Å². The average molecular weight is 338 g/mol. The summed E-state index contributed by atoms with van der Waals surface area (Å²) < 4.78 is 0. The summed E-state index contributed by atoms with van der Waals surface area (Å²) >= 11 is 0. The molecule has 132 valence electrons. The summed E-state index contributed by atoms with van der Waals surface area (Å²) in [7, 11) is 0. The van der Waals surface area contributed by atoms with Crippen LogP contribution in [0.15, 0.2) is 54.6 Å². The van der Waals surface area contributed by atoms with Crippen LogP contribution >= 0.6 is 0 Å². The Labute approximate surface area is 149 Å². The second-order valence-electron chi connectivity index (χ2n) is 6.24. The zero-order chi connectivity index (χ0) is 18.2. The van der Waals surface area contributed by atoms with Crippen LogP contribution in [-0.2, 0) is 22.6 Å². The van der Waals surface area contributed by atoms with Crippen molar-refractivity contribution < 1.29 is 9.59 Å². The third-order valence-electron chi connectivity index (χ3n) is 4.15. The van der Waals surface area contributed by atoms with Gasteiger partial charge in [-0.05, 0) is 31.9 Å². The van der Waals surface area contributed by atoms with Crippen LogP contribution in [0, 0.1) is 6.92 Å². The fourth-order valence-corrected chi connectivity index (χ4v) is 2.78. The summed E-state index contributed by atoms with van der Waals surface area (Å²) in [6.45, 7) is 6.63. The normalized spacial score (nSPS) is 11.6. The topological polar surface area (TPSA) is 49.4 Å². The van der Waals surface area contributed by atoms with E-state index < -0.39 is 6.04 Å². The minimum atomic E-state index is -0.516. The van der Waals surface area contributed by atoms with Crippen molar-refractivity contribution in [2.75, 3.05) is 6.54 Å². The molecule has 4 nitrogen and oxygen atoms in total. The molecule has 1 N–H and O–H groups in total. The lowest BCUT2D eigenvalue weighted by molar-refractivity contribution is -0.140. The van der Waals surface area contributed by atoms with Gasteiger partial charge in [0.25, 0.3) is 0 Å². The zero-order valence-electron chi connectivity index (χ0n) is 15.2. The predicted octanol–water partition coefficient (Wildman–Crippen LogP) is 3.09. The van der Waals surface area contributed by atoms with Crippen LogP contribution in [0.2, 0.25) is 0 Å². The maximum absolute atomic E-state index is 12.9. The minimum Gasteiger partial charge on any atom is -0.355 e. The van der Waals surface area contributed by atoms with Gasteiger partial charge in [-0.2, -0.15) is 0 Å². The van der Waals surface area contributed by atoms with E-state index in [1.54, 1.807) is 11.8 Å². The lowest BCUT2D eigenvalue weighted by Crippen LogP contribution is -2.48. The number of nitrogens with one attached hydrogen (secondary N) is 1. The molecule has 0 aliphatic heterocycles. The fraction of sp³-hybridized carbons (Fsp3) is 0.333. The van der Waals surface area contributed by atoms with Crippen molar-refractivity contribution in [3.8, 4) is 0 Å². The van der Waals surface area contributed by atoms with E-state index in [4.69, 9.17) is 0 Å². The van der Waals surface area contributed by atoms with Gasteiger partial charge < -0.3 is 10.2 Å². The Bertz CT molecular complexity index is 713. The predicted molar refractivity (Wildman–Crippen MR) is 100 cm³/mol. The standard InChI is InChI=1S/C21H26N2O2/c1-4-22-21(25)17(3)23(15-18-10-6-5-7-11-18)20(24)14-19-12-8-9-16(2)13-19/h5-13,17H,4,14-15H2,1-3H3,(H,22,25)/t17-/m1/s1. The third kappa shape index (κ3) is 5.45. The number of amides is 2. The number of rotatable bonds is 7. The molecule has 0 aromatic heterocycles. The van der Waals surface area contributed by atoms with Gasteiger partial charge >= 0.3 is 0 Å². The molecule has 0 bridgehead atoms. The lowest BCUT2D eigenvalue weighted by atomic mass is 10.1. The summed E-state index contributed by atoms with van der Waals surface area (Å²) in [6, 6.07) is 17.2. The number of aryl methyl sites for hydroxylation is 1. The van der Waals surface area contributed by atoms with Gasteiger partial charge in [0.2, 0.25) is 11.8 Å².